The van der Waals surface area contributed by atoms with Gasteiger partial charge >= 0.3 is 0 Å². The highest BCUT2D eigenvalue weighted by Crippen LogP contribution is 2.24. The number of aryl methyl sites for hydroxylation is 1. The topological polar surface area (TPSA) is 12.0 Å². The molecule has 0 atom stereocenters. The largest absolute Gasteiger partial charge is 0.320 e. The van der Waals surface area contributed by atoms with E-state index in [-0.39, 0.29) is 0 Å². The van der Waals surface area contributed by atoms with Gasteiger partial charge in [-0.05, 0) is 55.6 Å². The highest BCUT2D eigenvalue weighted by molar-refractivity contribution is 5.69. The van der Waals surface area contributed by atoms with Crippen molar-refractivity contribution in [1.29, 1.82) is 0 Å². The van der Waals surface area contributed by atoms with E-state index in [0.29, 0.717) is 0 Å². The van der Waals surface area contributed by atoms with E-state index in [1.165, 1.54) is 40.7 Å². The highest BCUT2D eigenvalue weighted by atomic mass is 14.8. The second kappa shape index (κ2) is 10.8. The van der Waals surface area contributed by atoms with Crippen LogP contribution in [0.4, 0.5) is 0 Å². The minimum atomic E-state index is 1.07. The summed E-state index contributed by atoms with van der Waals surface area (Å²) in [5.41, 5.74) is 6.36. The van der Waals surface area contributed by atoms with Gasteiger partial charge in [0.2, 0.25) is 0 Å². The lowest BCUT2D eigenvalue weighted by atomic mass is 9.98. The molecule has 1 heteroatoms. The highest BCUT2D eigenvalue weighted by Gasteiger charge is 2.01. The van der Waals surface area contributed by atoms with Crippen LogP contribution in [0.25, 0.3) is 16.7 Å². The minimum Gasteiger partial charge on any atom is -0.320 e. The molecule has 0 aliphatic carbocycles. The van der Waals surface area contributed by atoms with Crippen LogP contribution in [0.3, 0.4) is 0 Å². The predicted octanol–water partition coefficient (Wildman–Crippen LogP) is 6.09. The van der Waals surface area contributed by atoms with Gasteiger partial charge in [0.15, 0.2) is 0 Å². The molecule has 0 radical (unpaired) electrons. The van der Waals surface area contributed by atoms with E-state index < -0.39 is 0 Å². The van der Waals surface area contributed by atoms with E-state index >= 15 is 0 Å². The Morgan fingerprint density at radius 2 is 1.39 bits per heavy atom. The van der Waals surface area contributed by atoms with Gasteiger partial charge in [-0.25, -0.2) is 0 Å². The van der Waals surface area contributed by atoms with Crippen molar-refractivity contribution in [1.82, 2.24) is 5.32 Å². The van der Waals surface area contributed by atoms with Crippen molar-refractivity contribution in [2.45, 2.75) is 40.0 Å². The second-order valence-electron chi connectivity index (χ2n) is 5.86. The summed E-state index contributed by atoms with van der Waals surface area (Å²) < 4.78 is 0. The standard InChI is InChI=1S/C19H22.C3H9N/c1-4-5-6-16(3)17-11-13-19(14-12-17)18-9-7-15(2)8-10-18;1-3-4-2/h7-14H,3-6H2,1-2H3;4H,3H2,1-2H3. The summed E-state index contributed by atoms with van der Waals surface area (Å²) in [7, 11) is 1.93. The lowest BCUT2D eigenvalue weighted by Crippen LogP contribution is -2.01. The predicted molar refractivity (Wildman–Crippen MR) is 105 cm³/mol. The Labute approximate surface area is 142 Å². The molecular weight excluding hydrogens is 278 g/mol. The van der Waals surface area contributed by atoms with E-state index in [0.717, 1.165) is 13.0 Å². The first kappa shape index (κ1) is 19.2. The lowest BCUT2D eigenvalue weighted by molar-refractivity contribution is 0.825. The van der Waals surface area contributed by atoms with E-state index in [1.54, 1.807) is 0 Å². The fourth-order valence-corrected chi connectivity index (χ4v) is 2.18. The molecule has 0 heterocycles. The molecule has 0 bridgehead atoms. The summed E-state index contributed by atoms with van der Waals surface area (Å²) in [5.74, 6) is 0. The van der Waals surface area contributed by atoms with E-state index in [2.05, 4.69) is 81.2 Å². The fourth-order valence-electron chi connectivity index (χ4n) is 2.18. The van der Waals surface area contributed by atoms with E-state index in [4.69, 9.17) is 0 Å². The fraction of sp³-hybridized carbons (Fsp3) is 0.364. The molecule has 0 unspecified atom stereocenters. The van der Waals surface area contributed by atoms with Crippen molar-refractivity contribution in [3.63, 3.8) is 0 Å². The molecule has 0 saturated heterocycles. The first-order chi connectivity index (χ1) is 11.1. The number of unbranched alkanes of at least 4 members (excludes halogenated alkanes) is 1. The molecule has 0 amide bonds. The normalized spacial score (nSPS) is 9.91. The molecule has 0 aliphatic rings. The summed E-state index contributed by atoms with van der Waals surface area (Å²) >= 11 is 0. The van der Waals surface area contributed by atoms with Crippen molar-refractivity contribution < 1.29 is 0 Å². The molecule has 0 spiro atoms. The summed E-state index contributed by atoms with van der Waals surface area (Å²) in [5, 5.41) is 2.93. The molecule has 1 N–H and O–H groups in total. The maximum atomic E-state index is 4.18. The Morgan fingerprint density at radius 1 is 0.913 bits per heavy atom. The second-order valence-corrected chi connectivity index (χ2v) is 5.86. The van der Waals surface area contributed by atoms with E-state index in [1.807, 2.05) is 7.05 Å². The number of allylic oxidation sites excluding steroid dienone is 1. The van der Waals surface area contributed by atoms with Crippen molar-refractivity contribution in [3.8, 4) is 11.1 Å². The quantitative estimate of drug-likeness (QED) is 0.680. The third-order valence-corrected chi connectivity index (χ3v) is 3.86. The van der Waals surface area contributed by atoms with Gasteiger partial charge in [0.1, 0.15) is 0 Å². The van der Waals surface area contributed by atoms with Crippen molar-refractivity contribution in [2.24, 2.45) is 0 Å². The minimum absolute atomic E-state index is 1.07. The van der Waals surface area contributed by atoms with Gasteiger partial charge in [-0.1, -0.05) is 80.9 Å². The van der Waals surface area contributed by atoms with Crippen LogP contribution in [0.5, 0.6) is 0 Å². The van der Waals surface area contributed by atoms with Gasteiger partial charge in [0.25, 0.3) is 0 Å². The summed E-state index contributed by atoms with van der Waals surface area (Å²) in [6.45, 7) is 11.6. The Kier molecular flexibility index (Phi) is 9.01. The first-order valence-electron chi connectivity index (χ1n) is 8.62. The van der Waals surface area contributed by atoms with Crippen molar-refractivity contribution in [3.05, 3.63) is 66.2 Å². The molecule has 2 rings (SSSR count). The van der Waals surface area contributed by atoms with Gasteiger partial charge in [-0.3, -0.25) is 0 Å². The van der Waals surface area contributed by atoms with Crippen LogP contribution in [0, 0.1) is 6.92 Å². The Hall–Kier alpha value is -1.86. The van der Waals surface area contributed by atoms with Crippen LogP contribution in [-0.2, 0) is 0 Å². The zero-order chi connectivity index (χ0) is 17.1. The van der Waals surface area contributed by atoms with Crippen molar-refractivity contribution >= 4 is 5.57 Å². The molecule has 0 aliphatic heterocycles. The molecule has 2 aromatic carbocycles. The first-order valence-corrected chi connectivity index (χ1v) is 8.62. The zero-order valence-corrected chi connectivity index (χ0v) is 15.2. The Morgan fingerprint density at radius 3 is 1.83 bits per heavy atom. The van der Waals surface area contributed by atoms with Crippen LogP contribution >= 0.6 is 0 Å². The monoisotopic (exact) mass is 309 g/mol. The SMILES string of the molecule is C=C(CCCC)c1ccc(-c2ccc(C)cc2)cc1.CCNC. The molecule has 23 heavy (non-hydrogen) atoms. The number of hydrogen-bond donors (Lipinski definition) is 1. The van der Waals surface area contributed by atoms with Crippen LogP contribution < -0.4 is 5.32 Å². The summed E-state index contributed by atoms with van der Waals surface area (Å²) in [6.07, 6.45) is 3.54. The number of benzene rings is 2. The molecule has 1 nitrogen and oxygen atoms in total. The van der Waals surface area contributed by atoms with Gasteiger partial charge in [0.05, 0.1) is 0 Å². The summed E-state index contributed by atoms with van der Waals surface area (Å²) in [4.78, 5) is 0. The Balaban J connectivity index is 0.000000593. The Bertz CT molecular complexity index is 562. The molecular formula is C22H31N. The molecule has 0 saturated carbocycles. The van der Waals surface area contributed by atoms with Gasteiger partial charge in [0, 0.05) is 0 Å². The van der Waals surface area contributed by atoms with Crippen molar-refractivity contribution in [2.75, 3.05) is 13.6 Å². The average Bonchev–Trinajstić information content (AvgIpc) is 2.60. The molecule has 2 aromatic rings. The molecule has 124 valence electrons. The van der Waals surface area contributed by atoms with E-state index in [9.17, 15) is 0 Å². The third-order valence-electron chi connectivity index (χ3n) is 3.86. The molecule has 0 fully saturated rings. The zero-order valence-electron chi connectivity index (χ0n) is 15.2. The summed E-state index contributed by atoms with van der Waals surface area (Å²) in [6, 6.07) is 17.4. The number of rotatable bonds is 6. The van der Waals surface area contributed by atoms with Gasteiger partial charge < -0.3 is 5.32 Å². The average molecular weight is 309 g/mol. The third kappa shape index (κ3) is 6.83. The number of hydrogen-bond acceptors (Lipinski definition) is 1. The van der Waals surface area contributed by atoms with Crippen LogP contribution in [0.15, 0.2) is 55.1 Å². The van der Waals surface area contributed by atoms with Gasteiger partial charge in [-0.2, -0.15) is 0 Å². The van der Waals surface area contributed by atoms with Gasteiger partial charge in [-0.15, -0.1) is 0 Å². The molecule has 0 aromatic heterocycles. The number of nitrogens with one attached hydrogen (secondary N) is 1. The van der Waals surface area contributed by atoms with Crippen LogP contribution in [0.2, 0.25) is 0 Å². The van der Waals surface area contributed by atoms with Crippen LogP contribution in [-0.4, -0.2) is 13.6 Å². The maximum absolute atomic E-state index is 4.18. The lowest BCUT2D eigenvalue weighted by Gasteiger charge is -2.07. The smallest absolute Gasteiger partial charge is 0.00804 e. The van der Waals surface area contributed by atoms with Crippen LogP contribution in [0.1, 0.15) is 44.2 Å². The maximum Gasteiger partial charge on any atom is -0.00804 e.